The van der Waals surface area contributed by atoms with Crippen LogP contribution in [0.4, 0.5) is 0 Å². The Kier molecular flexibility index (Phi) is 10.8. The predicted octanol–water partition coefficient (Wildman–Crippen LogP) is 2.14. The maximum atomic E-state index is 8.99. The Bertz CT molecular complexity index is 219. The molecule has 0 aromatic heterocycles. The molecule has 4 nitrogen and oxygen atoms in total. The van der Waals surface area contributed by atoms with E-state index in [2.05, 4.69) is 36.4 Å². The fraction of sp³-hybridized carbons (Fsp3) is 0.929. The maximum absolute atomic E-state index is 8.99. The highest BCUT2D eigenvalue weighted by atomic mass is 16.3. The van der Waals surface area contributed by atoms with Crippen molar-refractivity contribution < 1.29 is 5.11 Å². The van der Waals surface area contributed by atoms with Gasteiger partial charge in [-0.1, -0.05) is 33.1 Å². The van der Waals surface area contributed by atoms with Crippen molar-refractivity contribution in [3.63, 3.8) is 0 Å². The van der Waals surface area contributed by atoms with E-state index >= 15 is 0 Å². The minimum Gasteiger partial charge on any atom is -0.396 e. The van der Waals surface area contributed by atoms with E-state index in [0.29, 0.717) is 12.6 Å². The van der Waals surface area contributed by atoms with Crippen LogP contribution in [0.5, 0.6) is 0 Å². The summed E-state index contributed by atoms with van der Waals surface area (Å²) in [5.74, 6) is 1.08. The number of nitrogens with zero attached hydrogens (tertiary/aromatic N) is 1. The van der Waals surface area contributed by atoms with Gasteiger partial charge in [-0.05, 0) is 26.2 Å². The number of hydrogen-bond donors (Lipinski definition) is 3. The second-order valence-corrected chi connectivity index (χ2v) is 5.05. The summed E-state index contributed by atoms with van der Waals surface area (Å²) in [7, 11) is 0. The van der Waals surface area contributed by atoms with Crippen LogP contribution in [-0.2, 0) is 0 Å². The number of guanidine groups is 1. The van der Waals surface area contributed by atoms with Crippen LogP contribution < -0.4 is 10.6 Å². The first kappa shape index (κ1) is 17.2. The maximum Gasteiger partial charge on any atom is 0.191 e. The van der Waals surface area contributed by atoms with E-state index in [1.165, 1.54) is 25.7 Å². The molecule has 0 aliphatic heterocycles. The molecular weight excluding hydrogens is 226 g/mol. The van der Waals surface area contributed by atoms with Gasteiger partial charge >= 0.3 is 0 Å². The van der Waals surface area contributed by atoms with E-state index < -0.39 is 0 Å². The smallest absolute Gasteiger partial charge is 0.191 e. The molecule has 0 radical (unpaired) electrons. The average molecular weight is 257 g/mol. The molecule has 18 heavy (non-hydrogen) atoms. The Hall–Kier alpha value is -0.770. The summed E-state index contributed by atoms with van der Waals surface area (Å²) >= 11 is 0. The Morgan fingerprint density at radius 1 is 1.22 bits per heavy atom. The normalized spacial score (nSPS) is 15.3. The topological polar surface area (TPSA) is 56.7 Å². The largest absolute Gasteiger partial charge is 0.396 e. The summed E-state index contributed by atoms with van der Waals surface area (Å²) in [6, 6.07) is 0.443. The van der Waals surface area contributed by atoms with Crippen LogP contribution in [0.3, 0.4) is 0 Å². The highest BCUT2D eigenvalue weighted by molar-refractivity contribution is 5.80. The number of unbranched alkanes of at least 4 members (excludes halogenated alkanes) is 2. The number of aliphatic hydroxyl groups excluding tert-OH is 1. The lowest BCUT2D eigenvalue weighted by Crippen LogP contribution is -2.42. The molecule has 0 saturated heterocycles. The summed E-state index contributed by atoms with van der Waals surface area (Å²) in [6.45, 7) is 10.2. The number of aliphatic hydroxyl groups is 1. The van der Waals surface area contributed by atoms with Gasteiger partial charge in [-0.25, -0.2) is 0 Å². The van der Waals surface area contributed by atoms with Crippen LogP contribution in [-0.4, -0.2) is 36.8 Å². The zero-order valence-corrected chi connectivity index (χ0v) is 12.5. The standard InChI is InChI=1S/C14H31N3O/c1-5-7-8-9-13(4)17-14(15-6-2)16-10-12(3)11-18/h12-13,18H,5-11H2,1-4H3,(H2,15,16,17). The molecular formula is C14H31N3O. The Labute approximate surface area is 112 Å². The SMILES string of the molecule is CCCCCC(C)NC(=NCC(C)CO)NCC. The van der Waals surface area contributed by atoms with Gasteiger partial charge in [-0.15, -0.1) is 0 Å². The Morgan fingerprint density at radius 2 is 1.94 bits per heavy atom. The van der Waals surface area contributed by atoms with Crippen molar-refractivity contribution in [1.82, 2.24) is 10.6 Å². The van der Waals surface area contributed by atoms with Crippen molar-refractivity contribution in [2.75, 3.05) is 19.7 Å². The zero-order valence-electron chi connectivity index (χ0n) is 12.5. The third-order valence-corrected chi connectivity index (χ3v) is 2.84. The molecule has 0 aromatic rings. The van der Waals surface area contributed by atoms with Crippen molar-refractivity contribution in [1.29, 1.82) is 0 Å². The quantitative estimate of drug-likeness (QED) is 0.337. The van der Waals surface area contributed by atoms with E-state index in [-0.39, 0.29) is 12.5 Å². The van der Waals surface area contributed by atoms with Crippen LogP contribution in [0.15, 0.2) is 4.99 Å². The summed E-state index contributed by atoms with van der Waals surface area (Å²) in [5, 5.41) is 15.6. The first-order valence-corrected chi connectivity index (χ1v) is 7.29. The molecule has 0 heterocycles. The zero-order chi connectivity index (χ0) is 13.8. The fourth-order valence-corrected chi connectivity index (χ4v) is 1.63. The lowest BCUT2D eigenvalue weighted by Gasteiger charge is -2.18. The highest BCUT2D eigenvalue weighted by Crippen LogP contribution is 2.02. The summed E-state index contributed by atoms with van der Waals surface area (Å²) < 4.78 is 0. The van der Waals surface area contributed by atoms with Gasteiger partial charge in [0.2, 0.25) is 0 Å². The molecule has 0 aliphatic carbocycles. The highest BCUT2D eigenvalue weighted by Gasteiger charge is 2.05. The third-order valence-electron chi connectivity index (χ3n) is 2.84. The minimum absolute atomic E-state index is 0.189. The Balaban J connectivity index is 4.08. The third kappa shape index (κ3) is 9.28. The first-order valence-electron chi connectivity index (χ1n) is 7.29. The lowest BCUT2D eigenvalue weighted by atomic mass is 10.1. The predicted molar refractivity (Wildman–Crippen MR) is 79.0 cm³/mol. The molecule has 0 spiro atoms. The number of rotatable bonds is 9. The van der Waals surface area contributed by atoms with Gasteiger partial charge in [0.1, 0.15) is 0 Å². The summed E-state index contributed by atoms with van der Waals surface area (Å²) in [6.07, 6.45) is 4.99. The molecule has 0 aromatic carbocycles. The van der Waals surface area contributed by atoms with Gasteiger partial charge < -0.3 is 15.7 Å². The number of aliphatic imine (C=N–C) groups is 1. The average Bonchev–Trinajstić information content (AvgIpc) is 2.36. The molecule has 0 amide bonds. The molecule has 0 fully saturated rings. The van der Waals surface area contributed by atoms with Gasteiger partial charge in [-0.3, -0.25) is 4.99 Å². The van der Waals surface area contributed by atoms with Crippen LogP contribution in [0, 0.1) is 5.92 Å². The summed E-state index contributed by atoms with van der Waals surface area (Å²) in [5.41, 5.74) is 0. The molecule has 2 atom stereocenters. The summed E-state index contributed by atoms with van der Waals surface area (Å²) in [4.78, 5) is 4.49. The molecule has 0 bridgehead atoms. The fourth-order valence-electron chi connectivity index (χ4n) is 1.63. The van der Waals surface area contributed by atoms with E-state index in [4.69, 9.17) is 5.11 Å². The molecule has 0 rings (SSSR count). The van der Waals surface area contributed by atoms with E-state index in [9.17, 15) is 0 Å². The molecule has 2 unspecified atom stereocenters. The van der Waals surface area contributed by atoms with Crippen molar-refractivity contribution >= 4 is 5.96 Å². The van der Waals surface area contributed by atoms with Crippen molar-refractivity contribution in [2.45, 2.75) is 59.4 Å². The molecule has 3 N–H and O–H groups in total. The molecule has 0 aliphatic rings. The van der Waals surface area contributed by atoms with Crippen LogP contribution >= 0.6 is 0 Å². The van der Waals surface area contributed by atoms with Crippen LogP contribution in [0.1, 0.15) is 53.4 Å². The number of hydrogen-bond acceptors (Lipinski definition) is 2. The van der Waals surface area contributed by atoms with Crippen molar-refractivity contribution in [3.8, 4) is 0 Å². The van der Waals surface area contributed by atoms with Gasteiger partial charge in [0, 0.05) is 25.7 Å². The van der Waals surface area contributed by atoms with Gasteiger partial charge in [0.15, 0.2) is 5.96 Å². The van der Waals surface area contributed by atoms with E-state index in [1.807, 2.05) is 6.92 Å². The van der Waals surface area contributed by atoms with E-state index in [0.717, 1.165) is 12.5 Å². The van der Waals surface area contributed by atoms with Crippen molar-refractivity contribution in [3.05, 3.63) is 0 Å². The minimum atomic E-state index is 0.189. The number of nitrogens with one attached hydrogen (secondary N) is 2. The second kappa shape index (κ2) is 11.3. The van der Waals surface area contributed by atoms with Gasteiger partial charge in [0.05, 0.1) is 0 Å². The monoisotopic (exact) mass is 257 g/mol. The molecule has 0 saturated carbocycles. The first-order chi connectivity index (χ1) is 8.63. The lowest BCUT2D eigenvalue weighted by molar-refractivity contribution is 0.241. The Morgan fingerprint density at radius 3 is 2.50 bits per heavy atom. The molecule has 4 heteroatoms. The molecule has 108 valence electrons. The second-order valence-electron chi connectivity index (χ2n) is 5.05. The van der Waals surface area contributed by atoms with Crippen LogP contribution in [0.25, 0.3) is 0 Å². The van der Waals surface area contributed by atoms with Gasteiger partial charge in [0.25, 0.3) is 0 Å². The van der Waals surface area contributed by atoms with Gasteiger partial charge in [-0.2, -0.15) is 0 Å². The van der Waals surface area contributed by atoms with Crippen LogP contribution in [0.2, 0.25) is 0 Å². The van der Waals surface area contributed by atoms with Crippen molar-refractivity contribution in [2.24, 2.45) is 10.9 Å². The van der Waals surface area contributed by atoms with E-state index in [1.54, 1.807) is 0 Å².